The van der Waals surface area contributed by atoms with Crippen molar-refractivity contribution in [1.29, 1.82) is 0 Å². The molecule has 0 aliphatic carbocycles. The first-order valence-electron chi connectivity index (χ1n) is 8.45. The smallest absolute Gasteiger partial charge is 0.326 e. The molecule has 3 rings (SSSR count). The molecule has 2 aliphatic rings. The molecular formula is C18H19FN2O4S. The first-order valence-corrected chi connectivity index (χ1v) is 9.26. The van der Waals surface area contributed by atoms with Crippen LogP contribution in [-0.4, -0.2) is 48.3 Å². The van der Waals surface area contributed by atoms with Crippen LogP contribution in [0.4, 0.5) is 14.9 Å². The number of carbonyl (C=O) groups is 3. The predicted molar refractivity (Wildman–Crippen MR) is 97.2 cm³/mol. The SMILES string of the molecule is CCOC(=O)CN1C(=O)SC(=Cc2ccc(N3CCCC3)c(F)c2)C1=O. The first-order chi connectivity index (χ1) is 12.5. The molecule has 2 aliphatic heterocycles. The Morgan fingerprint density at radius 3 is 2.69 bits per heavy atom. The van der Waals surface area contributed by atoms with Gasteiger partial charge < -0.3 is 9.64 Å². The van der Waals surface area contributed by atoms with Gasteiger partial charge in [0, 0.05) is 13.1 Å². The zero-order valence-electron chi connectivity index (χ0n) is 14.4. The van der Waals surface area contributed by atoms with Crippen LogP contribution in [0.5, 0.6) is 0 Å². The summed E-state index contributed by atoms with van der Waals surface area (Å²) in [6.45, 7) is 3.07. The molecule has 0 bridgehead atoms. The van der Waals surface area contributed by atoms with E-state index in [0.29, 0.717) is 11.3 Å². The van der Waals surface area contributed by atoms with E-state index in [4.69, 9.17) is 4.74 Å². The Morgan fingerprint density at radius 2 is 2.04 bits per heavy atom. The highest BCUT2D eigenvalue weighted by molar-refractivity contribution is 8.18. The van der Waals surface area contributed by atoms with Crippen molar-refractivity contribution < 1.29 is 23.5 Å². The number of halogens is 1. The topological polar surface area (TPSA) is 66.9 Å². The van der Waals surface area contributed by atoms with Crippen LogP contribution in [0, 0.1) is 5.82 Å². The molecule has 1 aromatic rings. The first kappa shape index (κ1) is 18.4. The summed E-state index contributed by atoms with van der Waals surface area (Å²) in [5, 5.41) is -0.538. The molecule has 26 heavy (non-hydrogen) atoms. The monoisotopic (exact) mass is 378 g/mol. The second kappa shape index (κ2) is 7.90. The molecule has 6 nitrogen and oxygen atoms in total. The van der Waals surface area contributed by atoms with Gasteiger partial charge in [0.2, 0.25) is 0 Å². The lowest BCUT2D eigenvalue weighted by Crippen LogP contribution is -2.34. The third-order valence-corrected chi connectivity index (χ3v) is 5.09. The van der Waals surface area contributed by atoms with Gasteiger partial charge in [0.05, 0.1) is 17.2 Å². The highest BCUT2D eigenvalue weighted by atomic mass is 32.2. The molecule has 1 aromatic carbocycles. The minimum atomic E-state index is -0.642. The summed E-state index contributed by atoms with van der Waals surface area (Å²) in [4.78, 5) is 38.8. The minimum Gasteiger partial charge on any atom is -0.465 e. The molecule has 2 fully saturated rings. The van der Waals surface area contributed by atoms with Gasteiger partial charge >= 0.3 is 5.97 Å². The van der Waals surface area contributed by atoms with Crippen LogP contribution >= 0.6 is 11.8 Å². The number of amides is 2. The third kappa shape index (κ3) is 3.90. The van der Waals surface area contributed by atoms with Crippen LogP contribution in [0.2, 0.25) is 0 Å². The number of benzene rings is 1. The maximum atomic E-state index is 14.4. The molecule has 138 valence electrons. The number of imide groups is 1. The lowest BCUT2D eigenvalue weighted by molar-refractivity contribution is -0.145. The molecule has 0 N–H and O–H groups in total. The van der Waals surface area contributed by atoms with Gasteiger partial charge in [-0.2, -0.15) is 0 Å². The number of carbonyl (C=O) groups excluding carboxylic acids is 3. The number of nitrogens with zero attached hydrogens (tertiary/aromatic N) is 2. The molecule has 2 saturated heterocycles. The van der Waals surface area contributed by atoms with E-state index in [1.807, 2.05) is 4.90 Å². The fraction of sp³-hybridized carbons (Fsp3) is 0.389. The van der Waals surface area contributed by atoms with Gasteiger partial charge in [0.1, 0.15) is 12.4 Å². The summed E-state index contributed by atoms with van der Waals surface area (Å²) in [7, 11) is 0. The predicted octanol–water partition coefficient (Wildman–Crippen LogP) is 3.03. The van der Waals surface area contributed by atoms with Crippen LogP contribution in [0.15, 0.2) is 23.1 Å². The van der Waals surface area contributed by atoms with E-state index in [0.717, 1.165) is 42.6 Å². The summed E-state index contributed by atoms with van der Waals surface area (Å²) in [5.41, 5.74) is 1.04. The largest absolute Gasteiger partial charge is 0.465 e. The third-order valence-electron chi connectivity index (χ3n) is 4.18. The van der Waals surface area contributed by atoms with Crippen molar-refractivity contribution in [2.45, 2.75) is 19.8 Å². The highest BCUT2D eigenvalue weighted by Crippen LogP contribution is 2.33. The Kier molecular flexibility index (Phi) is 5.61. The molecule has 0 unspecified atom stereocenters. The van der Waals surface area contributed by atoms with Crippen molar-refractivity contribution in [3.05, 3.63) is 34.5 Å². The van der Waals surface area contributed by atoms with Crippen LogP contribution < -0.4 is 4.90 Å². The normalized spacial score (nSPS) is 18.9. The quantitative estimate of drug-likeness (QED) is 0.580. The number of hydrogen-bond donors (Lipinski definition) is 0. The number of hydrogen-bond acceptors (Lipinski definition) is 6. The number of rotatable bonds is 5. The van der Waals surface area contributed by atoms with Crippen LogP contribution in [-0.2, 0) is 14.3 Å². The summed E-state index contributed by atoms with van der Waals surface area (Å²) < 4.78 is 19.1. The Hall–Kier alpha value is -2.35. The molecule has 0 atom stereocenters. The molecule has 0 radical (unpaired) electrons. The van der Waals surface area contributed by atoms with Gasteiger partial charge in [-0.25, -0.2) is 4.39 Å². The van der Waals surface area contributed by atoms with Crippen molar-refractivity contribution in [3.63, 3.8) is 0 Å². The summed E-state index contributed by atoms with van der Waals surface area (Å²) in [6, 6.07) is 4.76. The van der Waals surface area contributed by atoms with Crippen molar-refractivity contribution in [2.75, 3.05) is 31.1 Å². The molecular weight excluding hydrogens is 359 g/mol. The molecule has 0 aromatic heterocycles. The fourth-order valence-corrected chi connectivity index (χ4v) is 3.79. The van der Waals surface area contributed by atoms with Crippen molar-refractivity contribution >= 4 is 40.6 Å². The number of anilines is 1. The Bertz CT molecular complexity index is 774. The average molecular weight is 378 g/mol. The highest BCUT2D eigenvalue weighted by Gasteiger charge is 2.36. The molecule has 0 saturated carbocycles. The van der Waals surface area contributed by atoms with Gasteiger partial charge in [-0.1, -0.05) is 6.07 Å². The summed E-state index contributed by atoms with van der Waals surface area (Å²) >= 11 is 0.730. The zero-order chi connectivity index (χ0) is 18.7. The lowest BCUT2D eigenvalue weighted by atomic mass is 10.1. The Labute approximate surface area is 155 Å². The van der Waals surface area contributed by atoms with Gasteiger partial charge in [-0.05, 0) is 55.3 Å². The zero-order valence-corrected chi connectivity index (χ0v) is 15.2. The Morgan fingerprint density at radius 1 is 1.31 bits per heavy atom. The van der Waals surface area contributed by atoms with E-state index in [1.54, 1.807) is 19.1 Å². The number of thioether (sulfide) groups is 1. The lowest BCUT2D eigenvalue weighted by Gasteiger charge is -2.18. The standard InChI is InChI=1S/C18H19FN2O4S/c1-2-25-16(22)11-21-17(23)15(26-18(21)24)10-12-5-6-14(13(19)9-12)20-7-3-4-8-20/h5-6,9-10H,2-4,7-8,11H2,1H3. The van der Waals surface area contributed by atoms with E-state index in [-0.39, 0.29) is 17.3 Å². The van der Waals surface area contributed by atoms with Gasteiger partial charge in [0.25, 0.3) is 11.1 Å². The van der Waals surface area contributed by atoms with Gasteiger partial charge in [0.15, 0.2) is 0 Å². The van der Waals surface area contributed by atoms with Crippen molar-refractivity contribution in [3.8, 4) is 0 Å². The molecule has 0 spiro atoms. The second-order valence-electron chi connectivity index (χ2n) is 5.98. The van der Waals surface area contributed by atoms with E-state index in [2.05, 4.69) is 0 Å². The number of ether oxygens (including phenoxy) is 1. The van der Waals surface area contributed by atoms with E-state index >= 15 is 0 Å². The maximum Gasteiger partial charge on any atom is 0.326 e. The Balaban J connectivity index is 1.75. The van der Waals surface area contributed by atoms with Crippen molar-refractivity contribution in [2.24, 2.45) is 0 Å². The summed E-state index contributed by atoms with van der Waals surface area (Å²) in [5.74, 6) is -1.57. The minimum absolute atomic E-state index is 0.160. The van der Waals surface area contributed by atoms with E-state index in [1.165, 1.54) is 12.1 Å². The van der Waals surface area contributed by atoms with Crippen LogP contribution in [0.3, 0.4) is 0 Å². The second-order valence-corrected chi connectivity index (χ2v) is 6.97. The maximum absolute atomic E-state index is 14.4. The summed E-state index contributed by atoms with van der Waals surface area (Å²) in [6.07, 6.45) is 3.57. The van der Waals surface area contributed by atoms with E-state index < -0.39 is 23.7 Å². The van der Waals surface area contributed by atoms with E-state index in [9.17, 15) is 18.8 Å². The fourth-order valence-electron chi connectivity index (χ4n) is 2.95. The average Bonchev–Trinajstić information content (AvgIpc) is 3.20. The van der Waals surface area contributed by atoms with Crippen molar-refractivity contribution in [1.82, 2.24) is 4.90 Å². The van der Waals surface area contributed by atoms with Crippen LogP contribution in [0.1, 0.15) is 25.3 Å². The van der Waals surface area contributed by atoms with Gasteiger partial charge in [-0.3, -0.25) is 19.3 Å². The number of esters is 1. The molecule has 2 heterocycles. The van der Waals surface area contributed by atoms with Gasteiger partial charge in [-0.15, -0.1) is 0 Å². The molecule has 8 heteroatoms. The van der Waals surface area contributed by atoms with Crippen LogP contribution in [0.25, 0.3) is 6.08 Å². The molecule has 2 amide bonds.